The van der Waals surface area contributed by atoms with Gasteiger partial charge in [0.2, 0.25) is 5.91 Å². The molecule has 0 bridgehead atoms. The second kappa shape index (κ2) is 9.05. The standard InChI is InChI=1S/C25H33N5O/c31-24-25(8-4-14-30(24)16-15-28-12-1-2-13-28)20-29(18-21-6-10-26-11-7-21)19-23(25)22-5-3-9-27-17-22/h3,5-7,9-11,17,23H,1-2,4,8,12-16,18-20H2. The number of likely N-dealkylation sites (tertiary alicyclic amines) is 3. The molecular weight excluding hydrogens is 386 g/mol. The van der Waals surface area contributed by atoms with Crippen molar-refractivity contribution in [1.82, 2.24) is 24.7 Å². The molecule has 6 nitrogen and oxygen atoms in total. The SMILES string of the molecule is O=C1N(CCN2CCCC2)CCCC12CN(Cc1ccncc1)CC2c1cccnc1. The lowest BCUT2D eigenvalue weighted by atomic mass is 9.69. The number of carbonyl (C=O) groups excluding carboxylic acids is 1. The first-order valence-electron chi connectivity index (χ1n) is 11.8. The van der Waals surface area contributed by atoms with Gasteiger partial charge in [-0.1, -0.05) is 6.07 Å². The summed E-state index contributed by atoms with van der Waals surface area (Å²) in [6.45, 7) is 7.75. The number of hydrogen-bond acceptors (Lipinski definition) is 5. The maximum absolute atomic E-state index is 14.0. The van der Waals surface area contributed by atoms with Gasteiger partial charge in [0, 0.05) is 70.0 Å². The normalized spacial score (nSPS) is 27.4. The van der Waals surface area contributed by atoms with E-state index in [1.54, 1.807) is 0 Å². The Bertz CT molecular complexity index is 870. The highest BCUT2D eigenvalue weighted by Crippen LogP contribution is 2.49. The van der Waals surface area contributed by atoms with Crippen LogP contribution in [-0.2, 0) is 11.3 Å². The zero-order valence-electron chi connectivity index (χ0n) is 18.3. The van der Waals surface area contributed by atoms with Crippen molar-refractivity contribution in [1.29, 1.82) is 0 Å². The molecule has 3 aliphatic heterocycles. The van der Waals surface area contributed by atoms with E-state index in [1.807, 2.05) is 30.9 Å². The van der Waals surface area contributed by atoms with Gasteiger partial charge in [-0.05, 0) is 68.1 Å². The number of piperidine rings is 1. The van der Waals surface area contributed by atoms with Gasteiger partial charge in [-0.25, -0.2) is 0 Å². The highest BCUT2D eigenvalue weighted by atomic mass is 16.2. The van der Waals surface area contributed by atoms with Gasteiger partial charge in [-0.2, -0.15) is 0 Å². The Morgan fingerprint density at radius 1 is 0.935 bits per heavy atom. The molecule has 5 heterocycles. The summed E-state index contributed by atoms with van der Waals surface area (Å²) < 4.78 is 0. The van der Waals surface area contributed by atoms with Gasteiger partial charge in [-0.3, -0.25) is 19.7 Å². The van der Waals surface area contributed by atoms with Crippen LogP contribution in [0.1, 0.15) is 42.7 Å². The van der Waals surface area contributed by atoms with Crippen molar-refractivity contribution in [3.8, 4) is 0 Å². The van der Waals surface area contributed by atoms with Crippen LogP contribution in [0.3, 0.4) is 0 Å². The molecule has 2 unspecified atom stereocenters. The fraction of sp³-hybridized carbons (Fsp3) is 0.560. The number of hydrogen-bond donors (Lipinski definition) is 0. The maximum atomic E-state index is 14.0. The zero-order chi connectivity index (χ0) is 21.1. The third-order valence-electron chi connectivity index (χ3n) is 7.50. The molecule has 6 heteroatoms. The Labute approximate surface area is 185 Å². The van der Waals surface area contributed by atoms with Gasteiger partial charge in [0.25, 0.3) is 0 Å². The van der Waals surface area contributed by atoms with Gasteiger partial charge in [0.1, 0.15) is 0 Å². The average molecular weight is 420 g/mol. The Morgan fingerprint density at radius 2 is 1.77 bits per heavy atom. The smallest absolute Gasteiger partial charge is 0.230 e. The number of aromatic nitrogens is 2. The molecule has 3 aliphatic rings. The molecule has 0 N–H and O–H groups in total. The van der Waals surface area contributed by atoms with E-state index in [-0.39, 0.29) is 11.3 Å². The summed E-state index contributed by atoms with van der Waals surface area (Å²) in [5, 5.41) is 0. The fourth-order valence-electron chi connectivity index (χ4n) is 5.94. The number of amides is 1. The van der Waals surface area contributed by atoms with E-state index >= 15 is 0 Å². The largest absolute Gasteiger partial charge is 0.341 e. The predicted octanol–water partition coefficient (Wildman–Crippen LogP) is 2.78. The van der Waals surface area contributed by atoms with E-state index in [0.717, 1.165) is 52.1 Å². The summed E-state index contributed by atoms with van der Waals surface area (Å²) in [4.78, 5) is 29.7. The van der Waals surface area contributed by atoms with Gasteiger partial charge in [0.15, 0.2) is 0 Å². The number of rotatable bonds is 6. The topological polar surface area (TPSA) is 52.6 Å². The highest BCUT2D eigenvalue weighted by Gasteiger charge is 2.55. The lowest BCUT2D eigenvalue weighted by Gasteiger charge is -2.43. The molecular formula is C25H33N5O. The molecule has 0 aliphatic carbocycles. The van der Waals surface area contributed by atoms with Crippen molar-refractivity contribution in [2.24, 2.45) is 5.41 Å². The monoisotopic (exact) mass is 419 g/mol. The van der Waals surface area contributed by atoms with E-state index in [4.69, 9.17) is 0 Å². The van der Waals surface area contributed by atoms with Crippen LogP contribution >= 0.6 is 0 Å². The second-order valence-corrected chi connectivity index (χ2v) is 9.46. The number of nitrogens with zero attached hydrogens (tertiary/aromatic N) is 5. The van der Waals surface area contributed by atoms with Crippen LogP contribution in [0, 0.1) is 5.41 Å². The summed E-state index contributed by atoms with van der Waals surface area (Å²) in [7, 11) is 0. The van der Waals surface area contributed by atoms with Crippen LogP contribution < -0.4 is 0 Å². The number of pyridine rings is 2. The molecule has 1 amide bonds. The van der Waals surface area contributed by atoms with Crippen molar-refractivity contribution < 1.29 is 4.79 Å². The highest BCUT2D eigenvalue weighted by molar-refractivity contribution is 5.85. The third kappa shape index (κ3) is 4.23. The van der Waals surface area contributed by atoms with E-state index in [1.165, 1.54) is 37.1 Å². The zero-order valence-corrected chi connectivity index (χ0v) is 18.3. The molecule has 3 fully saturated rings. The molecule has 3 saturated heterocycles. The van der Waals surface area contributed by atoms with Gasteiger partial charge < -0.3 is 9.80 Å². The molecule has 31 heavy (non-hydrogen) atoms. The van der Waals surface area contributed by atoms with Crippen molar-refractivity contribution in [2.75, 3.05) is 45.8 Å². The van der Waals surface area contributed by atoms with E-state index < -0.39 is 0 Å². The Hall–Kier alpha value is -2.31. The molecule has 5 rings (SSSR count). The van der Waals surface area contributed by atoms with Crippen LogP contribution in [0.25, 0.3) is 0 Å². The summed E-state index contributed by atoms with van der Waals surface area (Å²) >= 11 is 0. The van der Waals surface area contributed by atoms with Crippen molar-refractivity contribution in [2.45, 2.75) is 38.1 Å². The van der Waals surface area contributed by atoms with Crippen molar-refractivity contribution >= 4 is 5.91 Å². The summed E-state index contributed by atoms with van der Waals surface area (Å²) in [6.07, 6.45) is 12.2. The number of carbonyl (C=O) groups is 1. The third-order valence-corrected chi connectivity index (χ3v) is 7.50. The van der Waals surface area contributed by atoms with Gasteiger partial charge in [0.05, 0.1) is 5.41 Å². The minimum absolute atomic E-state index is 0.199. The first kappa shape index (κ1) is 20.6. The first-order valence-corrected chi connectivity index (χ1v) is 11.8. The minimum Gasteiger partial charge on any atom is -0.341 e. The fourth-order valence-corrected chi connectivity index (χ4v) is 5.94. The maximum Gasteiger partial charge on any atom is 0.230 e. The molecule has 1 spiro atoms. The molecule has 0 saturated carbocycles. The van der Waals surface area contributed by atoms with Crippen molar-refractivity contribution in [3.63, 3.8) is 0 Å². The van der Waals surface area contributed by atoms with Crippen LogP contribution in [-0.4, -0.2) is 76.4 Å². The Balaban J connectivity index is 1.38. The van der Waals surface area contributed by atoms with Gasteiger partial charge in [-0.15, -0.1) is 0 Å². The van der Waals surface area contributed by atoms with Crippen LogP contribution in [0.2, 0.25) is 0 Å². The lowest BCUT2D eigenvalue weighted by Crippen LogP contribution is -2.53. The molecule has 0 radical (unpaired) electrons. The molecule has 164 valence electrons. The van der Waals surface area contributed by atoms with E-state index in [2.05, 4.69) is 42.9 Å². The van der Waals surface area contributed by atoms with Crippen molar-refractivity contribution in [3.05, 3.63) is 60.2 Å². The van der Waals surface area contributed by atoms with Crippen LogP contribution in [0.4, 0.5) is 0 Å². The average Bonchev–Trinajstić information content (AvgIpc) is 3.45. The lowest BCUT2D eigenvalue weighted by molar-refractivity contribution is -0.146. The molecule has 2 aromatic heterocycles. The first-order chi connectivity index (χ1) is 15.2. The van der Waals surface area contributed by atoms with Crippen LogP contribution in [0.15, 0.2) is 49.1 Å². The summed E-state index contributed by atoms with van der Waals surface area (Å²) in [5.74, 6) is 0.564. The molecule has 2 atom stereocenters. The molecule has 0 aromatic carbocycles. The predicted molar refractivity (Wildman–Crippen MR) is 120 cm³/mol. The molecule has 2 aromatic rings. The van der Waals surface area contributed by atoms with Crippen LogP contribution in [0.5, 0.6) is 0 Å². The Morgan fingerprint density at radius 3 is 2.55 bits per heavy atom. The summed E-state index contributed by atoms with van der Waals surface area (Å²) in [5.41, 5.74) is 2.12. The summed E-state index contributed by atoms with van der Waals surface area (Å²) in [6, 6.07) is 8.32. The van der Waals surface area contributed by atoms with E-state index in [0.29, 0.717) is 5.91 Å². The van der Waals surface area contributed by atoms with E-state index in [9.17, 15) is 4.79 Å². The quantitative estimate of drug-likeness (QED) is 0.721. The van der Waals surface area contributed by atoms with Gasteiger partial charge >= 0.3 is 0 Å². The minimum atomic E-state index is -0.334. The second-order valence-electron chi connectivity index (χ2n) is 9.46. The Kier molecular flexibility index (Phi) is 6.01.